The molecule has 0 saturated carbocycles. The number of aromatic nitrogens is 2. The van der Waals surface area contributed by atoms with E-state index in [-0.39, 0.29) is 5.91 Å². The summed E-state index contributed by atoms with van der Waals surface area (Å²) < 4.78 is 0. The maximum atomic E-state index is 12.4. The molecular weight excluding hydrogens is 240 g/mol. The van der Waals surface area contributed by atoms with Gasteiger partial charge in [-0.2, -0.15) is 0 Å². The SMILES string of the molecule is Cc1cnc(C(=O)N2CCc3cc(N)ccc32)cn1. The van der Waals surface area contributed by atoms with Crippen LogP contribution in [0.5, 0.6) is 0 Å². The molecule has 3 rings (SSSR count). The number of nitrogens with zero attached hydrogens (tertiary/aromatic N) is 3. The Kier molecular flexibility index (Phi) is 2.67. The van der Waals surface area contributed by atoms with Gasteiger partial charge in [0.15, 0.2) is 0 Å². The van der Waals surface area contributed by atoms with Crippen LogP contribution < -0.4 is 10.6 Å². The molecule has 2 N–H and O–H groups in total. The van der Waals surface area contributed by atoms with Crippen LogP contribution in [0.3, 0.4) is 0 Å². The standard InChI is InChI=1S/C14H14N4O/c1-9-7-17-12(8-16-9)14(19)18-5-4-10-6-11(15)2-3-13(10)18/h2-3,6-8H,4-5,15H2,1H3. The largest absolute Gasteiger partial charge is 0.399 e. The van der Waals surface area contributed by atoms with Gasteiger partial charge >= 0.3 is 0 Å². The van der Waals surface area contributed by atoms with E-state index in [0.29, 0.717) is 12.2 Å². The van der Waals surface area contributed by atoms with E-state index in [1.165, 1.54) is 6.20 Å². The average Bonchev–Trinajstić information content (AvgIpc) is 2.81. The number of anilines is 2. The summed E-state index contributed by atoms with van der Waals surface area (Å²) >= 11 is 0. The Morgan fingerprint density at radius 3 is 2.89 bits per heavy atom. The van der Waals surface area contributed by atoms with E-state index in [9.17, 15) is 4.79 Å². The maximum Gasteiger partial charge on any atom is 0.278 e. The molecule has 0 fully saturated rings. The number of nitrogen functional groups attached to an aromatic ring is 1. The number of amides is 1. The van der Waals surface area contributed by atoms with Gasteiger partial charge in [-0.3, -0.25) is 9.78 Å². The number of carbonyl (C=O) groups excluding carboxylic acids is 1. The number of hydrogen-bond acceptors (Lipinski definition) is 4. The van der Waals surface area contributed by atoms with Crippen LogP contribution in [0.25, 0.3) is 0 Å². The van der Waals surface area contributed by atoms with E-state index in [0.717, 1.165) is 29.1 Å². The fourth-order valence-electron chi connectivity index (χ4n) is 2.27. The van der Waals surface area contributed by atoms with Crippen molar-refractivity contribution < 1.29 is 4.79 Å². The van der Waals surface area contributed by atoms with Crippen LogP contribution in [0.2, 0.25) is 0 Å². The molecule has 0 saturated heterocycles. The van der Waals surface area contributed by atoms with E-state index in [2.05, 4.69) is 9.97 Å². The first-order valence-electron chi connectivity index (χ1n) is 6.14. The third-order valence-corrected chi connectivity index (χ3v) is 3.24. The van der Waals surface area contributed by atoms with E-state index in [1.54, 1.807) is 11.1 Å². The highest BCUT2D eigenvalue weighted by Crippen LogP contribution is 2.30. The topological polar surface area (TPSA) is 72.1 Å². The van der Waals surface area contributed by atoms with Crippen molar-refractivity contribution in [1.29, 1.82) is 0 Å². The predicted octanol–water partition coefficient (Wildman–Crippen LogP) is 1.57. The third kappa shape index (κ3) is 2.03. The molecule has 0 bridgehead atoms. The Balaban J connectivity index is 1.93. The van der Waals surface area contributed by atoms with Crippen molar-refractivity contribution in [3.8, 4) is 0 Å². The second-order valence-electron chi connectivity index (χ2n) is 4.64. The number of nitrogens with two attached hydrogens (primary N) is 1. The van der Waals surface area contributed by atoms with Gasteiger partial charge in [-0.1, -0.05) is 0 Å². The molecule has 0 unspecified atom stereocenters. The first-order chi connectivity index (χ1) is 9.15. The zero-order chi connectivity index (χ0) is 13.4. The first kappa shape index (κ1) is 11.6. The van der Waals surface area contributed by atoms with Gasteiger partial charge in [0.05, 0.1) is 11.9 Å². The molecule has 19 heavy (non-hydrogen) atoms. The second-order valence-corrected chi connectivity index (χ2v) is 4.64. The number of hydrogen-bond donors (Lipinski definition) is 1. The van der Waals surface area contributed by atoms with Crippen LogP contribution in [0.15, 0.2) is 30.6 Å². The number of rotatable bonds is 1. The smallest absolute Gasteiger partial charge is 0.278 e. The van der Waals surface area contributed by atoms with Crippen LogP contribution in [0.1, 0.15) is 21.7 Å². The van der Waals surface area contributed by atoms with E-state index in [1.807, 2.05) is 25.1 Å². The molecule has 1 aromatic carbocycles. The van der Waals surface area contributed by atoms with Crippen LogP contribution in [0.4, 0.5) is 11.4 Å². The number of fused-ring (bicyclic) bond motifs is 1. The highest BCUT2D eigenvalue weighted by atomic mass is 16.2. The molecule has 5 heteroatoms. The summed E-state index contributed by atoms with van der Waals surface area (Å²) in [7, 11) is 0. The molecular formula is C14H14N4O. The average molecular weight is 254 g/mol. The monoisotopic (exact) mass is 254 g/mol. The molecule has 0 aliphatic carbocycles. The van der Waals surface area contributed by atoms with Gasteiger partial charge in [0, 0.05) is 24.1 Å². The fraction of sp³-hybridized carbons (Fsp3) is 0.214. The van der Waals surface area contributed by atoms with Crippen molar-refractivity contribution in [3.63, 3.8) is 0 Å². The first-order valence-corrected chi connectivity index (χ1v) is 6.14. The van der Waals surface area contributed by atoms with Crippen molar-refractivity contribution in [2.24, 2.45) is 0 Å². The van der Waals surface area contributed by atoms with E-state index in [4.69, 9.17) is 5.73 Å². The fourth-order valence-corrected chi connectivity index (χ4v) is 2.27. The third-order valence-electron chi connectivity index (χ3n) is 3.24. The molecule has 2 aromatic rings. The van der Waals surface area contributed by atoms with Crippen molar-refractivity contribution in [1.82, 2.24) is 9.97 Å². The van der Waals surface area contributed by atoms with Gasteiger partial charge in [0.1, 0.15) is 5.69 Å². The van der Waals surface area contributed by atoms with Gasteiger partial charge in [-0.25, -0.2) is 4.98 Å². The lowest BCUT2D eigenvalue weighted by molar-refractivity contribution is 0.0984. The molecule has 0 radical (unpaired) electrons. The molecule has 0 atom stereocenters. The Hall–Kier alpha value is -2.43. The number of benzene rings is 1. The molecule has 1 aromatic heterocycles. The summed E-state index contributed by atoms with van der Waals surface area (Å²) in [6.07, 6.45) is 3.95. The maximum absolute atomic E-state index is 12.4. The van der Waals surface area contributed by atoms with Gasteiger partial charge < -0.3 is 10.6 Å². The van der Waals surface area contributed by atoms with Crippen molar-refractivity contribution >= 4 is 17.3 Å². The normalized spacial score (nSPS) is 13.4. The molecule has 1 aliphatic rings. The summed E-state index contributed by atoms with van der Waals surface area (Å²) in [5.41, 5.74) is 9.67. The predicted molar refractivity (Wildman–Crippen MR) is 73.0 cm³/mol. The Morgan fingerprint density at radius 2 is 2.16 bits per heavy atom. The highest BCUT2D eigenvalue weighted by Gasteiger charge is 2.26. The minimum Gasteiger partial charge on any atom is -0.399 e. The Labute approximate surface area is 111 Å². The quantitative estimate of drug-likeness (QED) is 0.784. The zero-order valence-corrected chi connectivity index (χ0v) is 10.6. The van der Waals surface area contributed by atoms with Crippen molar-refractivity contribution in [2.75, 3.05) is 17.2 Å². The van der Waals surface area contributed by atoms with Gasteiger partial charge in [0.25, 0.3) is 5.91 Å². The molecule has 1 amide bonds. The van der Waals surface area contributed by atoms with E-state index >= 15 is 0 Å². The highest BCUT2D eigenvalue weighted by molar-refractivity contribution is 6.06. The van der Waals surface area contributed by atoms with Crippen molar-refractivity contribution in [2.45, 2.75) is 13.3 Å². The molecule has 96 valence electrons. The van der Waals surface area contributed by atoms with Crippen molar-refractivity contribution in [3.05, 3.63) is 47.5 Å². The molecule has 1 aliphatic heterocycles. The summed E-state index contributed by atoms with van der Waals surface area (Å²) in [5, 5.41) is 0. The number of carbonyl (C=O) groups is 1. The minimum absolute atomic E-state index is 0.115. The second kappa shape index (κ2) is 4.35. The Bertz CT molecular complexity index is 636. The summed E-state index contributed by atoms with van der Waals surface area (Å²) in [6, 6.07) is 5.62. The van der Waals surface area contributed by atoms with Crippen LogP contribution in [-0.2, 0) is 6.42 Å². The Morgan fingerprint density at radius 1 is 1.32 bits per heavy atom. The number of aryl methyl sites for hydroxylation is 1. The van der Waals surface area contributed by atoms with Crippen LogP contribution in [-0.4, -0.2) is 22.4 Å². The summed E-state index contributed by atoms with van der Waals surface area (Å²) in [6.45, 7) is 2.50. The van der Waals surface area contributed by atoms with Gasteiger partial charge in [-0.15, -0.1) is 0 Å². The summed E-state index contributed by atoms with van der Waals surface area (Å²) in [4.78, 5) is 22.4. The van der Waals surface area contributed by atoms with Crippen LogP contribution >= 0.6 is 0 Å². The minimum atomic E-state index is -0.115. The van der Waals surface area contributed by atoms with Gasteiger partial charge in [-0.05, 0) is 37.1 Å². The zero-order valence-electron chi connectivity index (χ0n) is 10.6. The lowest BCUT2D eigenvalue weighted by atomic mass is 10.1. The van der Waals surface area contributed by atoms with Gasteiger partial charge in [0.2, 0.25) is 0 Å². The lowest BCUT2D eigenvalue weighted by Crippen LogP contribution is -2.29. The molecule has 0 spiro atoms. The van der Waals surface area contributed by atoms with E-state index < -0.39 is 0 Å². The molecule has 5 nitrogen and oxygen atoms in total. The van der Waals surface area contributed by atoms with Crippen LogP contribution in [0, 0.1) is 6.92 Å². The summed E-state index contributed by atoms with van der Waals surface area (Å²) in [5.74, 6) is -0.115. The lowest BCUT2D eigenvalue weighted by Gasteiger charge is -2.16. The molecule has 2 heterocycles.